The normalized spacial score (nSPS) is 19.8. The maximum Gasteiger partial charge on any atom is 0.391 e. The lowest BCUT2D eigenvalue weighted by atomic mass is 9.96. The second kappa shape index (κ2) is 8.52. The van der Waals surface area contributed by atoms with Crippen molar-refractivity contribution in [2.45, 2.75) is 71.2 Å². The van der Waals surface area contributed by atoms with Crippen molar-refractivity contribution >= 4 is 23.1 Å². The third kappa shape index (κ3) is 5.54. The number of aromatic nitrogens is 3. The second-order valence-electron chi connectivity index (χ2n) is 6.91. The van der Waals surface area contributed by atoms with Gasteiger partial charge in [-0.1, -0.05) is 18.5 Å². The minimum absolute atomic E-state index is 0.0496. The molecule has 1 aliphatic carbocycles. The molecule has 0 saturated heterocycles. The number of aliphatic hydroxyl groups excluding tert-OH is 1. The zero-order chi connectivity index (χ0) is 19.5. The van der Waals surface area contributed by atoms with Gasteiger partial charge in [0, 0.05) is 18.0 Å². The van der Waals surface area contributed by atoms with E-state index in [1.165, 1.54) is 0 Å². The van der Waals surface area contributed by atoms with Crippen LogP contribution in [0.5, 0.6) is 0 Å². The molecule has 146 valence electrons. The van der Waals surface area contributed by atoms with Gasteiger partial charge >= 0.3 is 6.18 Å². The summed E-state index contributed by atoms with van der Waals surface area (Å²) in [7, 11) is 0. The second-order valence-corrected chi connectivity index (χ2v) is 7.32. The summed E-state index contributed by atoms with van der Waals surface area (Å²) in [6.45, 7) is 4.96. The van der Waals surface area contributed by atoms with E-state index in [1.54, 1.807) is 0 Å². The molecule has 0 saturated carbocycles. The molecule has 0 amide bonds. The van der Waals surface area contributed by atoms with E-state index in [2.05, 4.69) is 20.3 Å². The first-order chi connectivity index (χ1) is 12.1. The Morgan fingerprint density at radius 3 is 2.54 bits per heavy atom. The molecular weight excluding hydrogens is 369 g/mol. The van der Waals surface area contributed by atoms with Gasteiger partial charge in [0.25, 0.3) is 0 Å². The summed E-state index contributed by atoms with van der Waals surface area (Å²) in [6, 6.07) is 0.0496. The number of aliphatic hydroxyl groups is 1. The van der Waals surface area contributed by atoms with E-state index in [-0.39, 0.29) is 24.7 Å². The highest BCUT2D eigenvalue weighted by Crippen LogP contribution is 2.34. The van der Waals surface area contributed by atoms with Crippen molar-refractivity contribution < 1.29 is 18.3 Å². The van der Waals surface area contributed by atoms with Crippen molar-refractivity contribution in [2.75, 3.05) is 5.32 Å². The predicted molar refractivity (Wildman–Crippen MR) is 94.8 cm³/mol. The number of alkyl halides is 3. The third-order valence-electron chi connectivity index (χ3n) is 4.21. The fourth-order valence-corrected chi connectivity index (χ4v) is 2.92. The molecule has 1 heterocycles. The van der Waals surface area contributed by atoms with Crippen molar-refractivity contribution in [3.63, 3.8) is 0 Å². The van der Waals surface area contributed by atoms with Gasteiger partial charge in [0.1, 0.15) is 5.82 Å². The van der Waals surface area contributed by atoms with Gasteiger partial charge in [-0.05, 0) is 39.5 Å². The molecule has 0 fully saturated rings. The summed E-state index contributed by atoms with van der Waals surface area (Å²) in [5.74, 6) is -0.534. The Labute approximate surface area is 156 Å². The van der Waals surface area contributed by atoms with Crippen molar-refractivity contribution in [1.29, 1.82) is 0 Å². The zero-order valence-corrected chi connectivity index (χ0v) is 15.8. The Kier molecular flexibility index (Phi) is 6.85. The van der Waals surface area contributed by atoms with Crippen molar-refractivity contribution in [2.24, 2.45) is 5.92 Å². The van der Waals surface area contributed by atoms with E-state index in [1.807, 2.05) is 13.8 Å². The van der Waals surface area contributed by atoms with E-state index in [9.17, 15) is 18.3 Å². The average Bonchev–Trinajstić information content (AvgIpc) is 2.53. The molecule has 1 aromatic heterocycles. The number of rotatable bonds is 6. The predicted octanol–water partition coefficient (Wildman–Crippen LogP) is 4.32. The molecule has 0 aliphatic heterocycles. The fourth-order valence-electron chi connectivity index (χ4n) is 2.64. The van der Waals surface area contributed by atoms with Crippen molar-refractivity contribution in [1.82, 2.24) is 15.0 Å². The highest BCUT2D eigenvalue weighted by molar-refractivity contribution is 6.33. The lowest BCUT2D eigenvalue weighted by Gasteiger charge is -2.21. The molecule has 0 aromatic carbocycles. The highest BCUT2D eigenvalue weighted by atomic mass is 35.5. The minimum atomic E-state index is -4.24. The van der Waals surface area contributed by atoms with Gasteiger partial charge < -0.3 is 10.4 Å². The molecule has 0 spiro atoms. The number of halogens is 4. The van der Waals surface area contributed by atoms with Gasteiger partial charge in [-0.3, -0.25) is 0 Å². The molecule has 2 N–H and O–H groups in total. The van der Waals surface area contributed by atoms with E-state index in [0.29, 0.717) is 35.2 Å². The number of nitrogens with one attached hydrogen (secondary N) is 1. The molecule has 5 nitrogen and oxygen atoms in total. The lowest BCUT2D eigenvalue weighted by molar-refractivity contribution is -0.171. The zero-order valence-electron chi connectivity index (χ0n) is 15.1. The molecule has 1 unspecified atom stereocenters. The maximum atomic E-state index is 12.7. The Morgan fingerprint density at radius 1 is 1.23 bits per heavy atom. The summed E-state index contributed by atoms with van der Waals surface area (Å²) in [5.41, 5.74) is 0.629. The summed E-state index contributed by atoms with van der Waals surface area (Å²) in [4.78, 5) is 12.9. The molecule has 2 rings (SSSR count). The van der Waals surface area contributed by atoms with Gasteiger partial charge in [-0.25, -0.2) is 4.98 Å². The number of allylic oxidation sites excluding steroid dienone is 1. The Morgan fingerprint density at radius 2 is 1.92 bits per heavy atom. The quantitative estimate of drug-likeness (QED) is 0.754. The van der Waals surface area contributed by atoms with Crippen LogP contribution in [-0.4, -0.2) is 38.4 Å². The lowest BCUT2D eigenvalue weighted by Crippen LogP contribution is -2.21. The van der Waals surface area contributed by atoms with E-state index in [4.69, 9.17) is 11.6 Å². The smallest absolute Gasteiger partial charge is 0.387 e. The van der Waals surface area contributed by atoms with Crippen LogP contribution in [0.1, 0.15) is 58.1 Å². The SMILES string of the molecule is CC(C)Nc1nc(CC[C@H](C)C(F)(F)F)nc(C2=C(Cl)C(O)CCC2)n1. The van der Waals surface area contributed by atoms with Gasteiger partial charge in [0.05, 0.1) is 17.1 Å². The van der Waals surface area contributed by atoms with Crippen LogP contribution < -0.4 is 5.32 Å². The van der Waals surface area contributed by atoms with Crippen LogP contribution >= 0.6 is 11.6 Å². The number of hydrogen-bond donors (Lipinski definition) is 2. The average molecular weight is 393 g/mol. The van der Waals surface area contributed by atoms with Gasteiger partial charge in [0.2, 0.25) is 5.95 Å². The minimum Gasteiger partial charge on any atom is -0.387 e. The number of anilines is 1. The number of hydrogen-bond acceptors (Lipinski definition) is 5. The molecule has 1 aromatic rings. The van der Waals surface area contributed by atoms with Crippen LogP contribution in [0.4, 0.5) is 19.1 Å². The van der Waals surface area contributed by atoms with Crippen molar-refractivity contribution in [3.8, 4) is 0 Å². The van der Waals surface area contributed by atoms with Crippen LogP contribution in [0.15, 0.2) is 5.03 Å². The van der Waals surface area contributed by atoms with E-state index >= 15 is 0 Å². The molecule has 2 atom stereocenters. The molecule has 0 radical (unpaired) electrons. The maximum absolute atomic E-state index is 12.7. The fraction of sp³-hybridized carbons (Fsp3) is 0.706. The Bertz CT molecular complexity index is 664. The Hall–Kier alpha value is -1.41. The summed E-state index contributed by atoms with van der Waals surface area (Å²) >= 11 is 6.23. The molecule has 9 heteroatoms. The number of aryl methyl sites for hydroxylation is 1. The van der Waals surface area contributed by atoms with Gasteiger partial charge in [-0.15, -0.1) is 0 Å². The van der Waals surface area contributed by atoms with Crippen LogP contribution in [0.3, 0.4) is 0 Å². The summed E-state index contributed by atoms with van der Waals surface area (Å²) in [5, 5.41) is 13.3. The van der Waals surface area contributed by atoms with E-state index in [0.717, 1.165) is 13.3 Å². The molecule has 0 bridgehead atoms. The van der Waals surface area contributed by atoms with Crippen LogP contribution in [-0.2, 0) is 6.42 Å². The van der Waals surface area contributed by atoms with E-state index < -0.39 is 18.2 Å². The largest absolute Gasteiger partial charge is 0.391 e. The first-order valence-electron chi connectivity index (χ1n) is 8.73. The molecule has 1 aliphatic rings. The van der Waals surface area contributed by atoms with Crippen LogP contribution in [0.25, 0.3) is 5.57 Å². The standard InChI is InChI=1S/C17H24ClF3N4O/c1-9(2)22-16-24-13(8-7-10(3)17(19,20)21)23-15(25-16)11-5-4-6-12(26)14(11)18/h9-10,12,26H,4-8H2,1-3H3,(H,22,23,24,25)/t10-,12?/m0/s1. The summed E-state index contributed by atoms with van der Waals surface area (Å²) < 4.78 is 38.2. The monoisotopic (exact) mass is 392 g/mol. The first-order valence-corrected chi connectivity index (χ1v) is 9.11. The first kappa shape index (κ1) is 20.9. The Balaban J connectivity index is 2.32. The highest BCUT2D eigenvalue weighted by Gasteiger charge is 2.35. The summed E-state index contributed by atoms with van der Waals surface area (Å²) in [6.07, 6.45) is -3.10. The topological polar surface area (TPSA) is 70.9 Å². The molecule has 26 heavy (non-hydrogen) atoms. The van der Waals surface area contributed by atoms with Gasteiger partial charge in [-0.2, -0.15) is 23.1 Å². The van der Waals surface area contributed by atoms with Crippen molar-refractivity contribution in [3.05, 3.63) is 16.7 Å². The van der Waals surface area contributed by atoms with Crippen LogP contribution in [0.2, 0.25) is 0 Å². The molecular formula is C17H24ClF3N4O. The van der Waals surface area contributed by atoms with Gasteiger partial charge in [0.15, 0.2) is 5.82 Å². The third-order valence-corrected chi connectivity index (χ3v) is 4.69. The number of nitrogens with zero attached hydrogens (tertiary/aromatic N) is 3. The van der Waals surface area contributed by atoms with Crippen LogP contribution in [0, 0.1) is 5.92 Å².